The van der Waals surface area contributed by atoms with Crippen LogP contribution in [0.4, 0.5) is 0 Å². The van der Waals surface area contributed by atoms with Gasteiger partial charge in [0.25, 0.3) is 0 Å². The van der Waals surface area contributed by atoms with Crippen molar-refractivity contribution in [2.75, 3.05) is 21.3 Å². The Morgan fingerprint density at radius 1 is 0.969 bits per heavy atom. The molecule has 2 aromatic carbocycles. The van der Waals surface area contributed by atoms with E-state index in [0.717, 1.165) is 11.1 Å². The number of Topliss-reactive ketones (excluding diaryl/α,β-unsaturated/α-hetero) is 1. The standard InChI is InChI=1S/C25H25N3O4/c1-25(2,16-9-7-6-8-10-16)23(29)17-13-26-24-21(17)28-18(14-27-24)15-11-19(30-3)22(32-5)20(12-15)31-4/h6-14H,1-5H3,(H,26,27). The number of carbonyl (C=O) groups is 1. The molecule has 0 fully saturated rings. The molecule has 164 valence electrons. The lowest BCUT2D eigenvalue weighted by Gasteiger charge is -2.23. The summed E-state index contributed by atoms with van der Waals surface area (Å²) in [7, 11) is 4.67. The normalized spacial score (nSPS) is 11.4. The van der Waals surface area contributed by atoms with Crippen LogP contribution in [0.25, 0.3) is 22.4 Å². The summed E-state index contributed by atoms with van der Waals surface area (Å²) < 4.78 is 16.3. The van der Waals surface area contributed by atoms with Crippen molar-refractivity contribution in [2.45, 2.75) is 19.3 Å². The fourth-order valence-corrected chi connectivity index (χ4v) is 3.76. The van der Waals surface area contributed by atoms with Gasteiger partial charge >= 0.3 is 0 Å². The molecular weight excluding hydrogens is 406 g/mol. The van der Waals surface area contributed by atoms with Crippen molar-refractivity contribution < 1.29 is 19.0 Å². The SMILES string of the molecule is COc1cc(-c2cnc3[nH]cc(C(=O)C(C)(C)c4ccccc4)c3n2)cc(OC)c1OC. The fourth-order valence-electron chi connectivity index (χ4n) is 3.76. The summed E-state index contributed by atoms with van der Waals surface area (Å²) in [4.78, 5) is 25.9. The van der Waals surface area contributed by atoms with Crippen LogP contribution in [0.15, 0.2) is 54.9 Å². The number of carbonyl (C=O) groups excluding carboxylic acids is 1. The molecule has 0 saturated carbocycles. The molecule has 4 rings (SSSR count). The molecule has 32 heavy (non-hydrogen) atoms. The molecule has 2 heterocycles. The first-order valence-electron chi connectivity index (χ1n) is 10.2. The van der Waals surface area contributed by atoms with Crippen LogP contribution in [-0.4, -0.2) is 42.1 Å². The van der Waals surface area contributed by atoms with Gasteiger partial charge in [-0.3, -0.25) is 4.79 Å². The van der Waals surface area contributed by atoms with E-state index in [2.05, 4.69) is 9.97 Å². The molecule has 0 amide bonds. The van der Waals surface area contributed by atoms with Crippen molar-refractivity contribution in [3.05, 3.63) is 66.0 Å². The number of aromatic amines is 1. The van der Waals surface area contributed by atoms with Crippen LogP contribution < -0.4 is 14.2 Å². The molecule has 2 aromatic heterocycles. The van der Waals surface area contributed by atoms with E-state index in [-0.39, 0.29) is 5.78 Å². The van der Waals surface area contributed by atoms with Gasteiger partial charge in [0.2, 0.25) is 5.75 Å². The number of fused-ring (bicyclic) bond motifs is 1. The number of nitrogens with one attached hydrogen (secondary N) is 1. The zero-order valence-corrected chi connectivity index (χ0v) is 18.7. The largest absolute Gasteiger partial charge is 0.493 e. The first kappa shape index (κ1) is 21.4. The second-order valence-corrected chi connectivity index (χ2v) is 7.89. The van der Waals surface area contributed by atoms with Crippen LogP contribution in [-0.2, 0) is 5.41 Å². The Balaban J connectivity index is 1.81. The van der Waals surface area contributed by atoms with Gasteiger partial charge in [-0.2, -0.15) is 0 Å². The number of ketones is 1. The van der Waals surface area contributed by atoms with Crippen LogP contribution in [0.1, 0.15) is 29.8 Å². The van der Waals surface area contributed by atoms with E-state index in [1.54, 1.807) is 45.9 Å². The van der Waals surface area contributed by atoms with Crippen molar-refractivity contribution in [3.63, 3.8) is 0 Å². The summed E-state index contributed by atoms with van der Waals surface area (Å²) in [5.41, 5.74) is 3.10. The Kier molecular flexibility index (Phi) is 5.57. The maximum atomic E-state index is 13.5. The van der Waals surface area contributed by atoms with E-state index in [4.69, 9.17) is 19.2 Å². The minimum absolute atomic E-state index is 0.0358. The maximum absolute atomic E-state index is 13.5. The lowest BCUT2D eigenvalue weighted by Crippen LogP contribution is -2.29. The predicted molar refractivity (Wildman–Crippen MR) is 123 cm³/mol. The molecule has 0 atom stereocenters. The smallest absolute Gasteiger partial charge is 0.203 e. The maximum Gasteiger partial charge on any atom is 0.203 e. The summed E-state index contributed by atoms with van der Waals surface area (Å²) >= 11 is 0. The van der Waals surface area contributed by atoms with Gasteiger partial charge in [-0.15, -0.1) is 0 Å². The second kappa shape index (κ2) is 8.34. The van der Waals surface area contributed by atoms with Gasteiger partial charge < -0.3 is 19.2 Å². The van der Waals surface area contributed by atoms with E-state index in [0.29, 0.717) is 39.7 Å². The van der Waals surface area contributed by atoms with Crippen LogP contribution in [0.3, 0.4) is 0 Å². The Morgan fingerprint density at radius 3 is 2.22 bits per heavy atom. The molecule has 0 spiro atoms. The summed E-state index contributed by atoms with van der Waals surface area (Å²) in [5, 5.41) is 0. The summed E-state index contributed by atoms with van der Waals surface area (Å²) in [6, 6.07) is 13.3. The van der Waals surface area contributed by atoms with Gasteiger partial charge in [-0.25, -0.2) is 9.97 Å². The Bertz CT molecular complexity index is 1250. The number of ether oxygens (including phenoxy) is 3. The summed E-state index contributed by atoms with van der Waals surface area (Å²) in [6.45, 7) is 3.83. The Hall–Kier alpha value is -3.87. The van der Waals surface area contributed by atoms with Crippen LogP contribution >= 0.6 is 0 Å². The van der Waals surface area contributed by atoms with E-state index in [1.165, 1.54) is 0 Å². The van der Waals surface area contributed by atoms with Crippen LogP contribution in [0.5, 0.6) is 17.2 Å². The van der Waals surface area contributed by atoms with Crippen LogP contribution in [0, 0.1) is 0 Å². The van der Waals surface area contributed by atoms with Gasteiger partial charge in [0.05, 0.1) is 44.2 Å². The number of H-pyrrole nitrogens is 1. The zero-order valence-electron chi connectivity index (χ0n) is 18.7. The molecule has 0 aliphatic carbocycles. The number of aromatic nitrogens is 3. The lowest BCUT2D eigenvalue weighted by molar-refractivity contribution is 0.0910. The van der Waals surface area contributed by atoms with Crippen molar-refractivity contribution in [2.24, 2.45) is 0 Å². The van der Waals surface area contributed by atoms with Crippen LogP contribution in [0.2, 0.25) is 0 Å². The highest BCUT2D eigenvalue weighted by molar-refractivity contribution is 6.11. The minimum Gasteiger partial charge on any atom is -0.493 e. The quantitative estimate of drug-likeness (QED) is 0.423. The zero-order chi connectivity index (χ0) is 22.9. The number of rotatable bonds is 7. The third-order valence-electron chi connectivity index (χ3n) is 5.65. The highest BCUT2D eigenvalue weighted by Gasteiger charge is 2.32. The highest BCUT2D eigenvalue weighted by Crippen LogP contribution is 2.41. The number of methoxy groups -OCH3 is 3. The van der Waals surface area contributed by atoms with Gasteiger partial charge in [0.1, 0.15) is 5.52 Å². The van der Waals surface area contributed by atoms with Gasteiger partial charge in [-0.1, -0.05) is 30.3 Å². The van der Waals surface area contributed by atoms with E-state index >= 15 is 0 Å². The molecule has 0 aliphatic rings. The van der Waals surface area contributed by atoms with Crippen molar-refractivity contribution >= 4 is 16.9 Å². The lowest BCUT2D eigenvalue weighted by atomic mass is 9.78. The fraction of sp³-hybridized carbons (Fsp3) is 0.240. The van der Waals surface area contributed by atoms with Crippen molar-refractivity contribution in [1.29, 1.82) is 0 Å². The average molecular weight is 431 g/mol. The van der Waals surface area contributed by atoms with E-state index in [9.17, 15) is 4.79 Å². The second-order valence-electron chi connectivity index (χ2n) is 7.89. The minimum atomic E-state index is -0.722. The van der Waals surface area contributed by atoms with Gasteiger partial charge in [0, 0.05) is 11.8 Å². The predicted octanol–water partition coefficient (Wildman–Crippen LogP) is 4.81. The number of hydrogen-bond donors (Lipinski definition) is 1. The number of hydrogen-bond acceptors (Lipinski definition) is 6. The highest BCUT2D eigenvalue weighted by atomic mass is 16.5. The number of nitrogens with zero attached hydrogens (tertiary/aromatic N) is 2. The summed E-state index contributed by atoms with van der Waals surface area (Å²) in [5.74, 6) is 1.49. The monoisotopic (exact) mass is 431 g/mol. The molecule has 0 radical (unpaired) electrons. The summed E-state index contributed by atoms with van der Waals surface area (Å²) in [6.07, 6.45) is 3.33. The Labute approximate surface area is 186 Å². The average Bonchev–Trinajstić information content (AvgIpc) is 3.26. The number of benzene rings is 2. The van der Waals surface area contributed by atoms with Crippen molar-refractivity contribution in [3.8, 4) is 28.5 Å². The van der Waals surface area contributed by atoms with E-state index in [1.807, 2.05) is 44.2 Å². The van der Waals surface area contributed by atoms with Gasteiger partial charge in [-0.05, 0) is 31.5 Å². The molecule has 7 heteroatoms. The van der Waals surface area contributed by atoms with Crippen molar-refractivity contribution in [1.82, 2.24) is 15.0 Å². The van der Waals surface area contributed by atoms with Gasteiger partial charge in [0.15, 0.2) is 22.9 Å². The molecule has 1 N–H and O–H groups in total. The molecule has 0 aliphatic heterocycles. The third kappa shape index (κ3) is 3.56. The topological polar surface area (TPSA) is 86.3 Å². The first-order chi connectivity index (χ1) is 15.4. The third-order valence-corrected chi connectivity index (χ3v) is 5.65. The van der Waals surface area contributed by atoms with E-state index < -0.39 is 5.41 Å². The molecule has 0 saturated heterocycles. The molecule has 4 aromatic rings. The Morgan fingerprint density at radius 2 is 1.62 bits per heavy atom. The molecule has 7 nitrogen and oxygen atoms in total. The molecule has 0 bridgehead atoms. The molecule has 0 unspecified atom stereocenters. The molecular formula is C25H25N3O4. The first-order valence-corrected chi connectivity index (χ1v) is 10.2.